The smallest absolute Gasteiger partial charge is 0.308 e. The lowest BCUT2D eigenvalue weighted by molar-refractivity contribution is -0.298. The molecule has 0 saturated carbocycles. The van der Waals surface area contributed by atoms with Crippen molar-refractivity contribution in [1.29, 1.82) is 0 Å². The summed E-state index contributed by atoms with van der Waals surface area (Å²) < 4.78 is 25.4. The van der Waals surface area contributed by atoms with Crippen molar-refractivity contribution in [1.82, 2.24) is 5.06 Å². The minimum Gasteiger partial charge on any atom is -0.308 e. The summed E-state index contributed by atoms with van der Waals surface area (Å²) in [6.07, 6.45) is 0. The molecule has 0 aromatic heterocycles. The van der Waals surface area contributed by atoms with E-state index in [2.05, 4.69) is 20.8 Å². The number of rotatable bonds is 9. The van der Waals surface area contributed by atoms with Gasteiger partial charge in [-0.25, -0.2) is 0 Å². The zero-order chi connectivity index (χ0) is 21.8. The molecule has 0 aliphatic rings. The van der Waals surface area contributed by atoms with Crippen molar-refractivity contribution in [3.8, 4) is 0 Å². The molecule has 1 rings (SSSR count). The van der Waals surface area contributed by atoms with Crippen molar-refractivity contribution < 1.29 is 18.5 Å². The van der Waals surface area contributed by atoms with Gasteiger partial charge in [-0.05, 0) is 59.4 Å². The summed E-state index contributed by atoms with van der Waals surface area (Å²) in [6.45, 7) is 20.6. The summed E-state index contributed by atoms with van der Waals surface area (Å²) in [4.78, 5) is 6.62. The van der Waals surface area contributed by atoms with Crippen molar-refractivity contribution in [2.24, 2.45) is 5.41 Å². The van der Waals surface area contributed by atoms with Crippen LogP contribution in [0.3, 0.4) is 0 Å². The lowest BCUT2D eigenvalue weighted by atomic mass is 9.93. The van der Waals surface area contributed by atoms with Gasteiger partial charge < -0.3 is 9.05 Å². The van der Waals surface area contributed by atoms with Gasteiger partial charge >= 0.3 is 7.60 Å². The number of hydrogen-bond donors (Lipinski definition) is 0. The first-order valence-electron chi connectivity index (χ1n) is 10.1. The highest BCUT2D eigenvalue weighted by atomic mass is 31.2. The highest BCUT2D eigenvalue weighted by Crippen LogP contribution is 2.61. The van der Waals surface area contributed by atoms with Gasteiger partial charge in [0.15, 0.2) is 0 Å². The Bertz CT molecular complexity index is 637. The van der Waals surface area contributed by atoms with Crippen LogP contribution in [0, 0.1) is 5.41 Å². The Morgan fingerprint density at radius 3 is 1.71 bits per heavy atom. The highest BCUT2D eigenvalue weighted by Gasteiger charge is 2.52. The van der Waals surface area contributed by atoms with Gasteiger partial charge in [0, 0.05) is 5.54 Å². The van der Waals surface area contributed by atoms with Crippen molar-refractivity contribution in [2.45, 2.75) is 86.2 Å². The zero-order valence-corrected chi connectivity index (χ0v) is 20.3. The number of benzene rings is 1. The maximum absolute atomic E-state index is 13.9. The van der Waals surface area contributed by atoms with Gasteiger partial charge in [-0.3, -0.25) is 9.40 Å². The normalized spacial score (nSPS) is 15.1. The van der Waals surface area contributed by atoms with Gasteiger partial charge in [-0.1, -0.05) is 51.1 Å². The van der Waals surface area contributed by atoms with Gasteiger partial charge in [0.25, 0.3) is 0 Å². The summed E-state index contributed by atoms with van der Waals surface area (Å²) in [6, 6.07) is 10.1. The van der Waals surface area contributed by atoms with Crippen LogP contribution in [0.4, 0.5) is 0 Å². The highest BCUT2D eigenvalue weighted by molar-refractivity contribution is 7.54. The molecule has 1 aromatic rings. The molecule has 0 heterocycles. The number of hydroxylamine groups is 2. The van der Waals surface area contributed by atoms with Gasteiger partial charge in [0.2, 0.25) is 0 Å². The van der Waals surface area contributed by atoms with Gasteiger partial charge in [-0.15, -0.1) is 0 Å². The summed E-state index contributed by atoms with van der Waals surface area (Å²) in [5, 5.41) is 1.84. The Labute approximate surface area is 172 Å². The van der Waals surface area contributed by atoms with Crippen LogP contribution in [0.1, 0.15) is 74.8 Å². The molecule has 1 unspecified atom stereocenters. The third-order valence-corrected chi connectivity index (χ3v) is 7.19. The molecule has 0 aliphatic heterocycles. The second kappa shape index (κ2) is 9.40. The largest absolute Gasteiger partial charge is 0.350 e. The lowest BCUT2D eigenvalue weighted by Gasteiger charge is -2.50. The van der Waals surface area contributed by atoms with Crippen molar-refractivity contribution >= 4 is 7.60 Å². The van der Waals surface area contributed by atoms with Crippen LogP contribution in [-0.2, 0) is 24.1 Å². The molecule has 0 fully saturated rings. The Balaban J connectivity index is 3.51. The van der Waals surface area contributed by atoms with Crippen LogP contribution < -0.4 is 0 Å². The molecule has 0 N–H and O–H groups in total. The van der Waals surface area contributed by atoms with Crippen molar-refractivity contribution in [3.05, 3.63) is 35.9 Å². The summed E-state index contributed by atoms with van der Waals surface area (Å²) in [5.41, 5.74) is -0.436. The third-order valence-electron chi connectivity index (χ3n) is 4.37. The van der Waals surface area contributed by atoms with E-state index >= 15 is 0 Å². The maximum atomic E-state index is 13.9. The third kappa shape index (κ3) is 6.40. The SMILES string of the molecule is CCOP(=O)(OCC)C(N(OC(C)(C)c1ccccc1)C(C)(C)C)C(C)(C)C. The minimum absolute atomic E-state index is 0.309. The van der Waals surface area contributed by atoms with Crippen LogP contribution >= 0.6 is 7.60 Å². The van der Waals surface area contributed by atoms with E-state index in [-0.39, 0.29) is 0 Å². The fraction of sp³-hybridized carbons (Fsp3) is 0.727. The summed E-state index contributed by atoms with van der Waals surface area (Å²) in [7, 11) is -3.48. The van der Waals surface area contributed by atoms with E-state index < -0.39 is 29.9 Å². The molecule has 28 heavy (non-hydrogen) atoms. The predicted molar refractivity (Wildman–Crippen MR) is 116 cm³/mol. The van der Waals surface area contributed by atoms with E-state index in [1.54, 1.807) is 0 Å². The first-order valence-corrected chi connectivity index (χ1v) is 11.7. The number of nitrogens with zero attached hydrogens (tertiary/aromatic N) is 1. The molecule has 0 saturated heterocycles. The molecule has 0 spiro atoms. The fourth-order valence-electron chi connectivity index (χ4n) is 3.18. The Kier molecular flexibility index (Phi) is 8.50. The molecule has 162 valence electrons. The van der Waals surface area contributed by atoms with Crippen LogP contribution in [-0.4, -0.2) is 29.6 Å². The van der Waals surface area contributed by atoms with E-state index in [9.17, 15) is 4.57 Å². The Hall–Kier alpha value is -0.710. The molecule has 0 bridgehead atoms. The van der Waals surface area contributed by atoms with E-state index in [0.717, 1.165) is 5.56 Å². The molecule has 1 aromatic carbocycles. The van der Waals surface area contributed by atoms with Crippen molar-refractivity contribution in [2.75, 3.05) is 13.2 Å². The molecule has 1 atom stereocenters. The van der Waals surface area contributed by atoms with Crippen molar-refractivity contribution in [3.63, 3.8) is 0 Å². The zero-order valence-electron chi connectivity index (χ0n) is 19.4. The lowest BCUT2D eigenvalue weighted by Crippen LogP contribution is -2.55. The summed E-state index contributed by atoms with van der Waals surface area (Å²) in [5.74, 6) is -0.581. The molecule has 0 amide bonds. The first-order chi connectivity index (χ1) is 12.7. The quantitative estimate of drug-likeness (QED) is 0.337. The van der Waals surface area contributed by atoms with E-state index in [1.165, 1.54) is 0 Å². The maximum Gasteiger partial charge on any atom is 0.350 e. The van der Waals surface area contributed by atoms with E-state index in [1.807, 2.05) is 83.9 Å². The Morgan fingerprint density at radius 1 is 0.893 bits per heavy atom. The second-order valence-corrected chi connectivity index (χ2v) is 11.7. The van der Waals surface area contributed by atoms with E-state index in [4.69, 9.17) is 13.9 Å². The van der Waals surface area contributed by atoms with E-state index in [0.29, 0.717) is 13.2 Å². The average Bonchev–Trinajstić information content (AvgIpc) is 2.53. The second-order valence-electron chi connectivity index (χ2n) is 9.58. The molecule has 0 radical (unpaired) electrons. The van der Waals surface area contributed by atoms with Crippen LogP contribution in [0.2, 0.25) is 0 Å². The number of hydrogen-bond acceptors (Lipinski definition) is 5. The van der Waals surface area contributed by atoms with Crippen LogP contribution in [0.25, 0.3) is 0 Å². The van der Waals surface area contributed by atoms with Crippen LogP contribution in [0.5, 0.6) is 0 Å². The standard InChI is InChI=1S/C22H40NO4P/c1-11-25-28(24,26-12-2)19(20(3,4)5)23(21(6,7)8)27-22(9,10)18-16-14-13-15-17-18/h13-17,19H,11-12H2,1-10H3. The van der Waals surface area contributed by atoms with Crippen LogP contribution in [0.15, 0.2) is 30.3 Å². The molecule has 6 heteroatoms. The molecule has 0 aliphatic carbocycles. The van der Waals surface area contributed by atoms with Gasteiger partial charge in [-0.2, -0.15) is 5.06 Å². The fourth-order valence-corrected chi connectivity index (χ4v) is 5.86. The summed E-state index contributed by atoms with van der Waals surface area (Å²) >= 11 is 0. The minimum atomic E-state index is -3.48. The topological polar surface area (TPSA) is 48.0 Å². The molecular weight excluding hydrogens is 373 g/mol. The van der Waals surface area contributed by atoms with Gasteiger partial charge in [0.05, 0.1) is 13.2 Å². The van der Waals surface area contributed by atoms with Gasteiger partial charge in [0.1, 0.15) is 11.4 Å². The first kappa shape index (κ1) is 25.3. The average molecular weight is 414 g/mol. The monoisotopic (exact) mass is 413 g/mol. The molecular formula is C22H40NO4P. The predicted octanol–water partition coefficient (Wildman–Crippen LogP) is 6.59. The Morgan fingerprint density at radius 2 is 1.36 bits per heavy atom. The molecule has 5 nitrogen and oxygen atoms in total.